The van der Waals surface area contributed by atoms with Crippen molar-refractivity contribution in [3.63, 3.8) is 0 Å². The summed E-state index contributed by atoms with van der Waals surface area (Å²) in [5, 5.41) is 17.5. The Hall–Kier alpha value is -2.95. The number of aryl methyl sites for hydroxylation is 1. The third-order valence-corrected chi connectivity index (χ3v) is 6.68. The predicted octanol–water partition coefficient (Wildman–Crippen LogP) is 5.51. The lowest BCUT2D eigenvalue weighted by atomic mass is 9.99. The van der Waals surface area contributed by atoms with E-state index >= 15 is 0 Å². The molecular formula is C28H31N3O. The smallest absolute Gasteiger partial charge is 0.133 e. The molecule has 0 saturated carbocycles. The van der Waals surface area contributed by atoms with Crippen LogP contribution in [0.5, 0.6) is 0 Å². The molecule has 4 heteroatoms. The van der Waals surface area contributed by atoms with Crippen molar-refractivity contribution in [2.24, 2.45) is 0 Å². The van der Waals surface area contributed by atoms with Crippen molar-refractivity contribution in [3.05, 3.63) is 83.4 Å². The minimum atomic E-state index is -0.193. The number of aliphatic hydroxyl groups excluding tert-OH is 1. The van der Waals surface area contributed by atoms with Gasteiger partial charge in [0.15, 0.2) is 0 Å². The second kappa shape index (κ2) is 8.89. The molecule has 3 aromatic carbocycles. The molecule has 1 saturated heterocycles. The topological polar surface area (TPSA) is 48.4 Å². The van der Waals surface area contributed by atoms with Crippen molar-refractivity contribution in [1.82, 2.24) is 10.3 Å². The number of nitrogens with zero attached hydrogens (tertiary/aromatic N) is 2. The highest BCUT2D eigenvalue weighted by Gasteiger charge is 2.21. The molecule has 1 atom stereocenters. The first-order valence-corrected chi connectivity index (χ1v) is 11.6. The van der Waals surface area contributed by atoms with Gasteiger partial charge < -0.3 is 15.3 Å². The monoisotopic (exact) mass is 425 g/mol. The molecule has 1 fully saturated rings. The third kappa shape index (κ3) is 4.21. The van der Waals surface area contributed by atoms with Gasteiger partial charge in [-0.25, -0.2) is 4.98 Å². The number of aliphatic hydroxyl groups is 1. The van der Waals surface area contributed by atoms with Gasteiger partial charge in [0.2, 0.25) is 0 Å². The van der Waals surface area contributed by atoms with E-state index in [1.807, 2.05) is 0 Å². The highest BCUT2D eigenvalue weighted by Crippen LogP contribution is 2.29. The van der Waals surface area contributed by atoms with Crippen LogP contribution in [0.2, 0.25) is 0 Å². The van der Waals surface area contributed by atoms with Crippen LogP contribution in [-0.4, -0.2) is 29.3 Å². The van der Waals surface area contributed by atoms with Crippen LogP contribution in [-0.2, 0) is 6.54 Å². The Kier molecular flexibility index (Phi) is 5.81. The quantitative estimate of drug-likeness (QED) is 0.443. The SMILES string of the molecule is Cc1ccc2cc(CNC(C)c3cccc4ccccc34)c(N3CCC(O)CC3)nc2c1. The zero-order chi connectivity index (χ0) is 22.1. The molecule has 2 heterocycles. The number of rotatable bonds is 5. The van der Waals surface area contributed by atoms with E-state index in [9.17, 15) is 5.11 Å². The van der Waals surface area contributed by atoms with Gasteiger partial charge in [-0.3, -0.25) is 0 Å². The Morgan fingerprint density at radius 1 is 1.00 bits per heavy atom. The number of hydrogen-bond donors (Lipinski definition) is 2. The standard InChI is InChI=1S/C28H31N3O/c1-19-10-11-22-17-23(28(30-27(22)16-19)31-14-12-24(32)13-15-31)18-29-20(2)25-9-5-7-21-6-3-4-8-26(21)25/h3-11,16-17,20,24,29,32H,12-15,18H2,1-2H3. The van der Waals surface area contributed by atoms with Gasteiger partial charge in [-0.2, -0.15) is 0 Å². The van der Waals surface area contributed by atoms with E-state index in [4.69, 9.17) is 4.98 Å². The van der Waals surface area contributed by atoms with Crippen molar-refractivity contribution in [2.75, 3.05) is 18.0 Å². The van der Waals surface area contributed by atoms with E-state index in [1.165, 1.54) is 32.8 Å². The van der Waals surface area contributed by atoms with E-state index < -0.39 is 0 Å². The van der Waals surface area contributed by atoms with E-state index in [2.05, 4.69) is 90.8 Å². The van der Waals surface area contributed by atoms with E-state index in [0.29, 0.717) is 0 Å². The molecule has 1 aliphatic rings. The van der Waals surface area contributed by atoms with E-state index in [0.717, 1.165) is 43.8 Å². The maximum atomic E-state index is 9.98. The molecule has 2 N–H and O–H groups in total. The number of fused-ring (bicyclic) bond motifs is 2. The van der Waals surface area contributed by atoms with Crippen LogP contribution < -0.4 is 10.2 Å². The van der Waals surface area contributed by atoms with Crippen LogP contribution in [0.25, 0.3) is 21.7 Å². The zero-order valence-corrected chi connectivity index (χ0v) is 18.9. The van der Waals surface area contributed by atoms with Crippen LogP contribution in [0.3, 0.4) is 0 Å². The van der Waals surface area contributed by atoms with Crippen LogP contribution in [0, 0.1) is 6.92 Å². The summed E-state index contributed by atoms with van der Waals surface area (Å²) in [5.41, 5.74) is 4.79. The summed E-state index contributed by atoms with van der Waals surface area (Å²) < 4.78 is 0. The summed E-state index contributed by atoms with van der Waals surface area (Å²) in [6.45, 7) is 6.78. The Morgan fingerprint density at radius 2 is 1.78 bits per heavy atom. The molecule has 1 aromatic heterocycles. The fourth-order valence-electron chi connectivity index (χ4n) is 4.79. The predicted molar refractivity (Wildman–Crippen MR) is 133 cm³/mol. The molecule has 0 aliphatic carbocycles. The lowest BCUT2D eigenvalue weighted by molar-refractivity contribution is 0.145. The summed E-state index contributed by atoms with van der Waals surface area (Å²) in [6, 6.07) is 24.1. The molecular weight excluding hydrogens is 394 g/mol. The Balaban J connectivity index is 1.45. The summed E-state index contributed by atoms with van der Waals surface area (Å²) in [7, 11) is 0. The average Bonchev–Trinajstić information content (AvgIpc) is 2.82. The first-order chi connectivity index (χ1) is 15.6. The van der Waals surface area contributed by atoms with Crippen molar-refractivity contribution >= 4 is 27.5 Å². The van der Waals surface area contributed by atoms with Gasteiger partial charge in [-0.05, 0) is 60.7 Å². The lowest BCUT2D eigenvalue weighted by Gasteiger charge is -2.32. The minimum absolute atomic E-state index is 0.193. The minimum Gasteiger partial charge on any atom is -0.393 e. The molecule has 0 radical (unpaired) electrons. The molecule has 0 bridgehead atoms. The molecule has 0 amide bonds. The number of piperidine rings is 1. The van der Waals surface area contributed by atoms with Gasteiger partial charge in [-0.1, -0.05) is 54.6 Å². The third-order valence-electron chi connectivity index (χ3n) is 6.68. The second-order valence-electron chi connectivity index (χ2n) is 9.06. The number of anilines is 1. The normalized spacial score (nSPS) is 16.0. The Morgan fingerprint density at radius 3 is 2.62 bits per heavy atom. The van der Waals surface area contributed by atoms with Crippen molar-refractivity contribution in [3.8, 4) is 0 Å². The number of benzene rings is 3. The maximum Gasteiger partial charge on any atom is 0.133 e. The molecule has 4 nitrogen and oxygen atoms in total. The van der Waals surface area contributed by atoms with Crippen molar-refractivity contribution in [2.45, 2.75) is 45.4 Å². The summed E-state index contributed by atoms with van der Waals surface area (Å²) in [4.78, 5) is 7.43. The van der Waals surface area contributed by atoms with Gasteiger partial charge in [0.25, 0.3) is 0 Å². The highest BCUT2D eigenvalue weighted by atomic mass is 16.3. The Labute approximate surface area is 189 Å². The van der Waals surface area contributed by atoms with Gasteiger partial charge in [0.05, 0.1) is 11.6 Å². The molecule has 1 unspecified atom stereocenters. The maximum absolute atomic E-state index is 9.98. The van der Waals surface area contributed by atoms with Crippen LogP contribution >= 0.6 is 0 Å². The second-order valence-corrected chi connectivity index (χ2v) is 9.06. The zero-order valence-electron chi connectivity index (χ0n) is 18.9. The largest absolute Gasteiger partial charge is 0.393 e. The number of hydrogen-bond acceptors (Lipinski definition) is 4. The van der Waals surface area contributed by atoms with Crippen LogP contribution in [0.1, 0.15) is 42.5 Å². The number of aromatic nitrogens is 1. The summed E-state index contributed by atoms with van der Waals surface area (Å²) in [6.07, 6.45) is 1.40. The van der Waals surface area contributed by atoms with Crippen LogP contribution in [0.15, 0.2) is 66.7 Å². The summed E-state index contributed by atoms with van der Waals surface area (Å²) >= 11 is 0. The molecule has 4 aromatic rings. The first-order valence-electron chi connectivity index (χ1n) is 11.6. The molecule has 164 valence electrons. The average molecular weight is 426 g/mol. The van der Waals surface area contributed by atoms with Crippen molar-refractivity contribution in [1.29, 1.82) is 0 Å². The molecule has 1 aliphatic heterocycles. The van der Waals surface area contributed by atoms with Crippen LogP contribution in [0.4, 0.5) is 5.82 Å². The molecule has 32 heavy (non-hydrogen) atoms. The Bertz CT molecular complexity index is 1240. The number of nitrogens with one attached hydrogen (secondary N) is 1. The summed E-state index contributed by atoms with van der Waals surface area (Å²) in [5.74, 6) is 1.05. The number of pyridine rings is 1. The molecule has 5 rings (SSSR count). The lowest BCUT2D eigenvalue weighted by Crippen LogP contribution is -2.37. The van der Waals surface area contributed by atoms with E-state index in [1.54, 1.807) is 0 Å². The van der Waals surface area contributed by atoms with Gasteiger partial charge in [0.1, 0.15) is 5.82 Å². The highest BCUT2D eigenvalue weighted by molar-refractivity contribution is 5.86. The van der Waals surface area contributed by atoms with E-state index in [-0.39, 0.29) is 12.1 Å². The van der Waals surface area contributed by atoms with Crippen molar-refractivity contribution < 1.29 is 5.11 Å². The fourth-order valence-corrected chi connectivity index (χ4v) is 4.79. The molecule has 0 spiro atoms. The first kappa shape index (κ1) is 20.9. The van der Waals surface area contributed by atoms with Gasteiger partial charge in [0, 0.05) is 36.6 Å². The van der Waals surface area contributed by atoms with Gasteiger partial charge in [-0.15, -0.1) is 0 Å². The fraction of sp³-hybridized carbons (Fsp3) is 0.321. The van der Waals surface area contributed by atoms with Gasteiger partial charge >= 0.3 is 0 Å².